The Morgan fingerprint density at radius 1 is 1.19 bits per heavy atom. The molecule has 1 aliphatic heterocycles. The van der Waals surface area contributed by atoms with Crippen LogP contribution in [0.5, 0.6) is 0 Å². The molecule has 0 radical (unpaired) electrons. The van der Waals surface area contributed by atoms with E-state index < -0.39 is 0 Å². The number of benzene rings is 1. The Bertz CT molecular complexity index is 401. The minimum Gasteiger partial charge on any atom is -0.378 e. The standard InChI is InChI=1S/C19H31NO/c1-4-6-7-16-8-10-17(11-9-16)19(20-12-5-2)18-13-15(3)21-14-18/h8-11,15,18-20H,4-7,12-14H2,1-3H3. The number of nitrogens with one attached hydrogen (secondary N) is 1. The first kappa shape index (κ1) is 16.5. The number of hydrogen-bond acceptors (Lipinski definition) is 2. The van der Waals surface area contributed by atoms with Crippen molar-refractivity contribution >= 4 is 0 Å². The molecule has 1 N–H and O–H groups in total. The third-order valence-corrected chi connectivity index (χ3v) is 4.47. The van der Waals surface area contributed by atoms with Gasteiger partial charge in [-0.1, -0.05) is 44.5 Å². The van der Waals surface area contributed by atoms with Gasteiger partial charge in [0.2, 0.25) is 0 Å². The van der Waals surface area contributed by atoms with Gasteiger partial charge in [0.15, 0.2) is 0 Å². The summed E-state index contributed by atoms with van der Waals surface area (Å²) in [5.41, 5.74) is 2.89. The summed E-state index contributed by atoms with van der Waals surface area (Å²) in [4.78, 5) is 0. The Morgan fingerprint density at radius 3 is 2.52 bits per heavy atom. The Labute approximate surface area is 130 Å². The summed E-state index contributed by atoms with van der Waals surface area (Å²) in [5.74, 6) is 0.605. The predicted octanol–water partition coefficient (Wildman–Crippen LogP) is 4.49. The lowest BCUT2D eigenvalue weighted by molar-refractivity contribution is 0.117. The largest absolute Gasteiger partial charge is 0.378 e. The molecule has 3 unspecified atom stereocenters. The van der Waals surface area contributed by atoms with Crippen LogP contribution < -0.4 is 5.32 Å². The molecule has 0 spiro atoms. The van der Waals surface area contributed by atoms with E-state index in [0.29, 0.717) is 18.1 Å². The average Bonchev–Trinajstić information content (AvgIpc) is 2.93. The van der Waals surface area contributed by atoms with Gasteiger partial charge in [0.1, 0.15) is 0 Å². The molecule has 1 aromatic rings. The van der Waals surface area contributed by atoms with Gasteiger partial charge in [0.05, 0.1) is 12.7 Å². The fraction of sp³-hybridized carbons (Fsp3) is 0.684. The van der Waals surface area contributed by atoms with Gasteiger partial charge in [0, 0.05) is 12.0 Å². The zero-order chi connectivity index (χ0) is 15.1. The Hall–Kier alpha value is -0.860. The van der Waals surface area contributed by atoms with Gasteiger partial charge in [-0.25, -0.2) is 0 Å². The van der Waals surface area contributed by atoms with Crippen LogP contribution in [-0.2, 0) is 11.2 Å². The highest BCUT2D eigenvalue weighted by atomic mass is 16.5. The second-order valence-electron chi connectivity index (χ2n) is 6.42. The SMILES string of the molecule is CCCCc1ccc(C(NCCC)C2COC(C)C2)cc1. The van der Waals surface area contributed by atoms with E-state index in [2.05, 4.69) is 50.4 Å². The molecule has 1 aliphatic rings. The highest BCUT2D eigenvalue weighted by Crippen LogP contribution is 2.32. The van der Waals surface area contributed by atoms with Crippen molar-refractivity contribution in [1.29, 1.82) is 0 Å². The van der Waals surface area contributed by atoms with Crippen molar-refractivity contribution in [3.63, 3.8) is 0 Å². The minimum atomic E-state index is 0.407. The second-order valence-corrected chi connectivity index (χ2v) is 6.42. The van der Waals surface area contributed by atoms with Crippen LogP contribution in [0.4, 0.5) is 0 Å². The summed E-state index contributed by atoms with van der Waals surface area (Å²) in [6.07, 6.45) is 6.50. The maximum Gasteiger partial charge on any atom is 0.0551 e. The van der Waals surface area contributed by atoms with Crippen LogP contribution in [0.15, 0.2) is 24.3 Å². The van der Waals surface area contributed by atoms with E-state index >= 15 is 0 Å². The summed E-state index contributed by atoms with van der Waals surface area (Å²) < 4.78 is 5.78. The molecule has 1 saturated heterocycles. The van der Waals surface area contributed by atoms with Crippen molar-refractivity contribution in [2.45, 2.75) is 65.0 Å². The Kier molecular flexibility index (Phi) is 6.72. The monoisotopic (exact) mass is 289 g/mol. The lowest BCUT2D eigenvalue weighted by atomic mass is 9.90. The summed E-state index contributed by atoms with van der Waals surface area (Å²) >= 11 is 0. The topological polar surface area (TPSA) is 21.3 Å². The summed E-state index contributed by atoms with van der Waals surface area (Å²) in [6.45, 7) is 8.63. The van der Waals surface area contributed by atoms with Gasteiger partial charge in [-0.05, 0) is 50.3 Å². The fourth-order valence-electron chi connectivity index (χ4n) is 3.21. The minimum absolute atomic E-state index is 0.407. The van der Waals surface area contributed by atoms with E-state index in [1.165, 1.54) is 43.2 Å². The molecular formula is C19H31NO. The molecule has 118 valence electrons. The molecule has 1 fully saturated rings. The predicted molar refractivity (Wildman–Crippen MR) is 89.6 cm³/mol. The van der Waals surface area contributed by atoms with Crippen LogP contribution in [0.2, 0.25) is 0 Å². The third kappa shape index (κ3) is 4.82. The second kappa shape index (κ2) is 8.55. The molecule has 2 rings (SSSR count). The van der Waals surface area contributed by atoms with E-state index in [1.807, 2.05) is 0 Å². The van der Waals surface area contributed by atoms with E-state index in [-0.39, 0.29) is 0 Å². The molecular weight excluding hydrogens is 258 g/mol. The molecule has 21 heavy (non-hydrogen) atoms. The molecule has 0 aromatic heterocycles. The first-order chi connectivity index (χ1) is 10.2. The van der Waals surface area contributed by atoms with E-state index in [9.17, 15) is 0 Å². The Balaban J connectivity index is 2.04. The summed E-state index contributed by atoms with van der Waals surface area (Å²) in [6, 6.07) is 9.70. The van der Waals surface area contributed by atoms with Gasteiger partial charge >= 0.3 is 0 Å². The molecule has 0 aliphatic carbocycles. The lowest BCUT2D eigenvalue weighted by Gasteiger charge is -2.24. The first-order valence-corrected chi connectivity index (χ1v) is 8.68. The van der Waals surface area contributed by atoms with Crippen LogP contribution in [-0.4, -0.2) is 19.3 Å². The van der Waals surface area contributed by atoms with Crippen LogP contribution in [0.25, 0.3) is 0 Å². The molecule has 0 saturated carbocycles. The number of rotatable bonds is 8. The maximum absolute atomic E-state index is 5.78. The lowest BCUT2D eigenvalue weighted by Crippen LogP contribution is -2.29. The smallest absolute Gasteiger partial charge is 0.0551 e. The fourth-order valence-corrected chi connectivity index (χ4v) is 3.21. The van der Waals surface area contributed by atoms with Crippen LogP contribution >= 0.6 is 0 Å². The van der Waals surface area contributed by atoms with Gasteiger partial charge in [-0.2, -0.15) is 0 Å². The van der Waals surface area contributed by atoms with Crippen molar-refractivity contribution in [3.05, 3.63) is 35.4 Å². The van der Waals surface area contributed by atoms with Crippen molar-refractivity contribution in [3.8, 4) is 0 Å². The molecule has 1 aromatic carbocycles. The van der Waals surface area contributed by atoms with Crippen LogP contribution in [0.3, 0.4) is 0 Å². The highest BCUT2D eigenvalue weighted by molar-refractivity contribution is 5.26. The normalized spacial score (nSPS) is 23.4. The maximum atomic E-state index is 5.78. The molecule has 1 heterocycles. The summed E-state index contributed by atoms with van der Waals surface area (Å²) in [7, 11) is 0. The Morgan fingerprint density at radius 2 is 1.95 bits per heavy atom. The molecule has 3 atom stereocenters. The number of ether oxygens (including phenoxy) is 1. The number of aryl methyl sites for hydroxylation is 1. The first-order valence-electron chi connectivity index (χ1n) is 8.68. The number of unbranched alkanes of at least 4 members (excludes halogenated alkanes) is 1. The average molecular weight is 289 g/mol. The number of hydrogen-bond donors (Lipinski definition) is 1. The zero-order valence-corrected chi connectivity index (χ0v) is 13.9. The van der Waals surface area contributed by atoms with E-state index in [1.54, 1.807) is 0 Å². The molecule has 2 heteroatoms. The summed E-state index contributed by atoms with van der Waals surface area (Å²) in [5, 5.41) is 3.73. The molecule has 2 nitrogen and oxygen atoms in total. The van der Waals surface area contributed by atoms with Crippen LogP contribution in [0, 0.1) is 5.92 Å². The van der Waals surface area contributed by atoms with Crippen LogP contribution in [0.1, 0.15) is 63.6 Å². The van der Waals surface area contributed by atoms with Crippen molar-refractivity contribution in [2.75, 3.05) is 13.2 Å². The van der Waals surface area contributed by atoms with Crippen molar-refractivity contribution < 1.29 is 4.74 Å². The van der Waals surface area contributed by atoms with Gasteiger partial charge in [-0.15, -0.1) is 0 Å². The molecule has 0 amide bonds. The highest BCUT2D eigenvalue weighted by Gasteiger charge is 2.30. The van der Waals surface area contributed by atoms with E-state index in [4.69, 9.17) is 4.74 Å². The quantitative estimate of drug-likeness (QED) is 0.761. The van der Waals surface area contributed by atoms with Crippen molar-refractivity contribution in [2.24, 2.45) is 5.92 Å². The molecule has 0 bridgehead atoms. The van der Waals surface area contributed by atoms with Gasteiger partial charge in [0.25, 0.3) is 0 Å². The van der Waals surface area contributed by atoms with E-state index in [0.717, 1.165) is 13.2 Å². The zero-order valence-electron chi connectivity index (χ0n) is 13.9. The van der Waals surface area contributed by atoms with Crippen molar-refractivity contribution in [1.82, 2.24) is 5.32 Å². The van der Waals surface area contributed by atoms with Gasteiger partial charge < -0.3 is 10.1 Å². The third-order valence-electron chi connectivity index (χ3n) is 4.47. The van der Waals surface area contributed by atoms with Gasteiger partial charge in [-0.3, -0.25) is 0 Å².